The van der Waals surface area contributed by atoms with E-state index in [1.165, 1.54) is 5.56 Å². The summed E-state index contributed by atoms with van der Waals surface area (Å²) in [7, 11) is 0. The number of rotatable bonds is 5. The summed E-state index contributed by atoms with van der Waals surface area (Å²) in [5.41, 5.74) is 5.00. The molecule has 0 aromatic heterocycles. The predicted molar refractivity (Wildman–Crippen MR) is 116 cm³/mol. The first-order valence-corrected chi connectivity index (χ1v) is 9.38. The minimum atomic E-state index is 0.334. The molecule has 3 nitrogen and oxygen atoms in total. The van der Waals surface area contributed by atoms with Gasteiger partial charge in [-0.05, 0) is 49.3 Å². The Morgan fingerprint density at radius 1 is 0.926 bits per heavy atom. The fourth-order valence-electron chi connectivity index (χ4n) is 3.10. The monoisotopic (exact) mass is 376 g/mol. The van der Waals surface area contributed by atoms with Crippen molar-refractivity contribution in [2.24, 2.45) is 0 Å². The van der Waals surface area contributed by atoms with Crippen molar-refractivity contribution in [1.29, 1.82) is 0 Å². The van der Waals surface area contributed by atoms with Gasteiger partial charge < -0.3 is 15.3 Å². The van der Waals surface area contributed by atoms with Crippen LogP contribution in [0.1, 0.15) is 22.3 Å². The summed E-state index contributed by atoms with van der Waals surface area (Å²) in [5, 5.41) is 14.5. The third kappa shape index (κ3) is 5.08. The summed E-state index contributed by atoms with van der Waals surface area (Å²) >= 11 is 5.70. The van der Waals surface area contributed by atoms with Gasteiger partial charge in [0.25, 0.3) is 0 Å². The quantitative estimate of drug-likeness (QED) is 0.584. The van der Waals surface area contributed by atoms with E-state index in [-0.39, 0.29) is 0 Å². The predicted octanol–water partition coefficient (Wildman–Crippen LogP) is 5.41. The van der Waals surface area contributed by atoms with E-state index >= 15 is 0 Å². The number of hydrogen-bond donors (Lipinski definition) is 2. The Labute approximate surface area is 166 Å². The van der Waals surface area contributed by atoms with Gasteiger partial charge in [-0.15, -0.1) is 0 Å². The van der Waals surface area contributed by atoms with Gasteiger partial charge in [0.1, 0.15) is 5.75 Å². The van der Waals surface area contributed by atoms with Gasteiger partial charge in [0.2, 0.25) is 0 Å². The zero-order chi connectivity index (χ0) is 19.2. The van der Waals surface area contributed by atoms with Crippen molar-refractivity contribution in [3.63, 3.8) is 0 Å². The summed E-state index contributed by atoms with van der Waals surface area (Å²) < 4.78 is 0. The second-order valence-electron chi connectivity index (χ2n) is 6.73. The van der Waals surface area contributed by atoms with Crippen molar-refractivity contribution < 1.29 is 5.11 Å². The first kappa shape index (κ1) is 18.9. The van der Waals surface area contributed by atoms with Crippen LogP contribution in [-0.4, -0.2) is 15.1 Å². The highest BCUT2D eigenvalue weighted by molar-refractivity contribution is 7.80. The lowest BCUT2D eigenvalue weighted by atomic mass is 10.0. The Balaban J connectivity index is 1.86. The molecule has 0 spiro atoms. The van der Waals surface area contributed by atoms with E-state index in [0.717, 1.165) is 22.4 Å². The first-order chi connectivity index (χ1) is 13.0. The second kappa shape index (κ2) is 8.69. The molecule has 138 valence electrons. The van der Waals surface area contributed by atoms with Crippen LogP contribution in [0.15, 0.2) is 72.8 Å². The van der Waals surface area contributed by atoms with E-state index in [9.17, 15) is 5.11 Å². The molecule has 3 aromatic carbocycles. The number of benzene rings is 3. The van der Waals surface area contributed by atoms with Gasteiger partial charge in [0, 0.05) is 24.3 Å². The average Bonchev–Trinajstić information content (AvgIpc) is 2.66. The Morgan fingerprint density at radius 3 is 2.22 bits per heavy atom. The lowest BCUT2D eigenvalue weighted by Gasteiger charge is -2.27. The highest BCUT2D eigenvalue weighted by Crippen LogP contribution is 2.26. The van der Waals surface area contributed by atoms with Crippen molar-refractivity contribution in [2.45, 2.75) is 26.9 Å². The largest absolute Gasteiger partial charge is 0.507 e. The molecule has 0 fully saturated rings. The third-order valence-electron chi connectivity index (χ3n) is 4.41. The molecule has 0 unspecified atom stereocenters. The molecule has 3 rings (SSSR count). The van der Waals surface area contributed by atoms with Gasteiger partial charge in [-0.25, -0.2) is 0 Å². The van der Waals surface area contributed by atoms with Crippen molar-refractivity contribution in [3.05, 3.63) is 95.1 Å². The number of phenols is 1. The highest BCUT2D eigenvalue weighted by atomic mass is 32.1. The summed E-state index contributed by atoms with van der Waals surface area (Å²) in [5.74, 6) is 0.334. The molecule has 0 amide bonds. The highest BCUT2D eigenvalue weighted by Gasteiger charge is 2.15. The smallest absolute Gasteiger partial charge is 0.174 e. The molecule has 4 heteroatoms. The second-order valence-corrected chi connectivity index (χ2v) is 7.11. The molecule has 0 aliphatic heterocycles. The van der Waals surface area contributed by atoms with Gasteiger partial charge in [-0.1, -0.05) is 66.2 Å². The number of hydrogen-bond acceptors (Lipinski definition) is 2. The van der Waals surface area contributed by atoms with Crippen molar-refractivity contribution in [3.8, 4) is 5.75 Å². The molecule has 27 heavy (non-hydrogen) atoms. The molecule has 0 bridgehead atoms. The molecule has 0 radical (unpaired) electrons. The first-order valence-electron chi connectivity index (χ1n) is 8.97. The van der Waals surface area contributed by atoms with E-state index in [1.54, 1.807) is 0 Å². The van der Waals surface area contributed by atoms with Gasteiger partial charge >= 0.3 is 0 Å². The minimum absolute atomic E-state index is 0.334. The molecule has 0 heterocycles. The van der Waals surface area contributed by atoms with Crippen LogP contribution >= 0.6 is 12.2 Å². The number of para-hydroxylation sites is 1. The fourth-order valence-corrected chi connectivity index (χ4v) is 3.35. The van der Waals surface area contributed by atoms with E-state index in [2.05, 4.69) is 22.3 Å². The lowest BCUT2D eigenvalue weighted by Crippen LogP contribution is -2.33. The molecular formula is C23H24N2OS. The number of nitrogens with zero attached hydrogens (tertiary/aromatic N) is 1. The van der Waals surface area contributed by atoms with Crippen molar-refractivity contribution >= 4 is 23.0 Å². The maximum atomic E-state index is 10.5. The van der Waals surface area contributed by atoms with Crippen LogP contribution in [0.2, 0.25) is 0 Å². The number of aryl methyl sites for hydroxylation is 2. The molecule has 0 aliphatic carbocycles. The van der Waals surface area contributed by atoms with Crippen LogP contribution in [0.25, 0.3) is 0 Å². The van der Waals surface area contributed by atoms with Gasteiger partial charge in [-0.2, -0.15) is 0 Å². The Hall–Kier alpha value is -2.85. The standard InChI is InChI=1S/C23H24N2OS/c1-17-13-18(2)22(26)20(14-17)16-25(15-19-9-5-3-6-10-19)23(27)24-21-11-7-4-8-12-21/h3-14,26H,15-16H2,1-2H3,(H,24,27). The molecule has 0 aliphatic rings. The van der Waals surface area contributed by atoms with Gasteiger partial charge in [-0.3, -0.25) is 0 Å². The Kier molecular flexibility index (Phi) is 6.09. The van der Waals surface area contributed by atoms with E-state index in [0.29, 0.717) is 24.0 Å². The molecule has 3 aromatic rings. The zero-order valence-corrected chi connectivity index (χ0v) is 16.5. The molecular weight excluding hydrogens is 352 g/mol. The van der Waals surface area contributed by atoms with Crippen LogP contribution < -0.4 is 5.32 Å². The van der Waals surface area contributed by atoms with E-state index in [1.807, 2.05) is 74.5 Å². The maximum Gasteiger partial charge on any atom is 0.174 e. The van der Waals surface area contributed by atoms with Gasteiger partial charge in [0.05, 0.1) is 0 Å². The van der Waals surface area contributed by atoms with Crippen LogP contribution in [0.5, 0.6) is 5.75 Å². The van der Waals surface area contributed by atoms with Crippen LogP contribution in [0.3, 0.4) is 0 Å². The fraction of sp³-hybridized carbons (Fsp3) is 0.174. The third-order valence-corrected chi connectivity index (χ3v) is 4.77. The van der Waals surface area contributed by atoms with Crippen LogP contribution in [0, 0.1) is 13.8 Å². The number of aromatic hydroxyl groups is 1. The Morgan fingerprint density at radius 2 is 1.56 bits per heavy atom. The molecule has 2 N–H and O–H groups in total. The maximum absolute atomic E-state index is 10.5. The van der Waals surface area contributed by atoms with E-state index in [4.69, 9.17) is 12.2 Å². The van der Waals surface area contributed by atoms with Crippen molar-refractivity contribution in [2.75, 3.05) is 5.32 Å². The normalized spacial score (nSPS) is 10.4. The van der Waals surface area contributed by atoms with Gasteiger partial charge in [0.15, 0.2) is 5.11 Å². The average molecular weight is 377 g/mol. The zero-order valence-electron chi connectivity index (χ0n) is 15.6. The number of nitrogens with one attached hydrogen (secondary N) is 1. The van der Waals surface area contributed by atoms with Crippen LogP contribution in [-0.2, 0) is 13.1 Å². The van der Waals surface area contributed by atoms with Crippen molar-refractivity contribution in [1.82, 2.24) is 4.90 Å². The lowest BCUT2D eigenvalue weighted by molar-refractivity contribution is 0.393. The van der Waals surface area contributed by atoms with E-state index < -0.39 is 0 Å². The SMILES string of the molecule is Cc1cc(C)c(O)c(CN(Cc2ccccc2)C(=S)Nc2ccccc2)c1. The topological polar surface area (TPSA) is 35.5 Å². The summed E-state index contributed by atoms with van der Waals surface area (Å²) in [6.07, 6.45) is 0. The molecule has 0 saturated heterocycles. The summed E-state index contributed by atoms with van der Waals surface area (Å²) in [4.78, 5) is 2.08. The van der Waals surface area contributed by atoms with Crippen LogP contribution in [0.4, 0.5) is 5.69 Å². The summed E-state index contributed by atoms with van der Waals surface area (Å²) in [6.45, 7) is 5.15. The summed E-state index contributed by atoms with van der Waals surface area (Å²) in [6, 6.07) is 24.1. The molecule has 0 saturated carbocycles. The Bertz CT molecular complexity index is 910. The number of phenolic OH excluding ortho intramolecular Hbond substituents is 1. The number of anilines is 1. The molecule has 0 atom stereocenters. The minimum Gasteiger partial charge on any atom is -0.507 e. The number of thiocarbonyl (C=S) groups is 1.